The molecule has 3 unspecified atom stereocenters. The van der Waals surface area contributed by atoms with Crippen LogP contribution in [0.3, 0.4) is 0 Å². The third-order valence-corrected chi connectivity index (χ3v) is 4.99. The molecule has 0 aromatic heterocycles. The van der Waals surface area contributed by atoms with E-state index in [2.05, 4.69) is 0 Å². The summed E-state index contributed by atoms with van der Waals surface area (Å²) >= 11 is 0. The topological polar surface area (TPSA) is 93.1 Å². The van der Waals surface area contributed by atoms with E-state index in [1.54, 1.807) is 18.7 Å². The molecule has 1 saturated carbocycles. The second-order valence-corrected chi connectivity index (χ2v) is 6.83. The maximum Gasteiger partial charge on any atom is 0.336 e. The Hall–Kier alpha value is -2.31. The van der Waals surface area contributed by atoms with Crippen molar-refractivity contribution in [3.63, 3.8) is 0 Å². The molecule has 7 nitrogen and oxygen atoms in total. The molecular weight excluding hydrogens is 314 g/mol. The predicted molar refractivity (Wildman–Crippen MR) is 82.4 cm³/mol. The van der Waals surface area contributed by atoms with E-state index in [9.17, 15) is 14.4 Å². The first-order valence-electron chi connectivity index (χ1n) is 8.09. The molecule has 24 heavy (non-hydrogen) atoms. The van der Waals surface area contributed by atoms with E-state index in [4.69, 9.17) is 14.6 Å². The summed E-state index contributed by atoms with van der Waals surface area (Å²) < 4.78 is 10.7. The van der Waals surface area contributed by atoms with E-state index >= 15 is 0 Å². The molecule has 0 bridgehead atoms. The van der Waals surface area contributed by atoms with Gasteiger partial charge in [-0.2, -0.15) is 0 Å². The van der Waals surface area contributed by atoms with Gasteiger partial charge in [-0.25, -0.2) is 14.4 Å². The van der Waals surface area contributed by atoms with Gasteiger partial charge in [-0.15, -0.1) is 0 Å². The van der Waals surface area contributed by atoms with Gasteiger partial charge in [0.15, 0.2) is 0 Å². The van der Waals surface area contributed by atoms with Crippen LogP contribution in [0, 0.1) is 11.8 Å². The van der Waals surface area contributed by atoms with Crippen molar-refractivity contribution in [1.82, 2.24) is 4.90 Å². The average molecular weight is 335 g/mol. The number of carboxylic acids is 1. The van der Waals surface area contributed by atoms with Crippen molar-refractivity contribution in [3.05, 3.63) is 23.5 Å². The number of carbonyl (C=O) groups is 3. The molecule has 0 saturated heterocycles. The van der Waals surface area contributed by atoms with Gasteiger partial charge in [-0.05, 0) is 19.3 Å². The van der Waals surface area contributed by atoms with Gasteiger partial charge in [0, 0.05) is 30.3 Å². The maximum absolute atomic E-state index is 12.6. The van der Waals surface area contributed by atoms with Crippen LogP contribution in [0.25, 0.3) is 0 Å². The van der Waals surface area contributed by atoms with E-state index in [1.165, 1.54) is 6.20 Å². The monoisotopic (exact) mass is 335 g/mol. The Morgan fingerprint density at radius 2 is 2.00 bits per heavy atom. The molecule has 130 valence electrons. The zero-order chi connectivity index (χ0) is 17.6. The Kier molecular flexibility index (Phi) is 3.89. The van der Waals surface area contributed by atoms with Gasteiger partial charge in [0.05, 0.1) is 12.2 Å². The van der Waals surface area contributed by atoms with Gasteiger partial charge in [-0.1, -0.05) is 13.8 Å². The molecule has 0 aromatic rings. The molecule has 3 aliphatic rings. The number of hydrogen-bond acceptors (Lipinski definition) is 6. The Morgan fingerprint density at radius 1 is 1.33 bits per heavy atom. The number of aliphatic carboxylic acids is 1. The van der Waals surface area contributed by atoms with Gasteiger partial charge >= 0.3 is 17.9 Å². The first kappa shape index (κ1) is 16.5. The number of cyclic esters (lactones) is 2. The van der Waals surface area contributed by atoms with Crippen molar-refractivity contribution in [2.75, 3.05) is 6.61 Å². The van der Waals surface area contributed by atoms with Crippen molar-refractivity contribution >= 4 is 17.9 Å². The average Bonchev–Trinajstić information content (AvgIpc) is 3.15. The summed E-state index contributed by atoms with van der Waals surface area (Å²) in [5, 5.41) is 9.01. The molecule has 3 rings (SSSR count). The highest BCUT2D eigenvalue weighted by Gasteiger charge is 2.64. The fourth-order valence-corrected chi connectivity index (χ4v) is 3.64. The SMILES string of the molecule is CC1CC2=C(C(=O)O1)C(C)COC(=O)[C@]1(CC1C)N2C=CC(=O)O. The van der Waals surface area contributed by atoms with Crippen molar-refractivity contribution in [3.8, 4) is 0 Å². The van der Waals surface area contributed by atoms with E-state index in [1.807, 2.05) is 6.92 Å². The molecule has 0 radical (unpaired) electrons. The summed E-state index contributed by atoms with van der Waals surface area (Å²) in [6.45, 7) is 5.61. The molecule has 1 spiro atoms. The summed E-state index contributed by atoms with van der Waals surface area (Å²) in [7, 11) is 0. The van der Waals surface area contributed by atoms with Gasteiger partial charge in [0.1, 0.15) is 11.6 Å². The minimum absolute atomic E-state index is 0.0128. The van der Waals surface area contributed by atoms with Crippen LogP contribution in [0.1, 0.15) is 33.6 Å². The second kappa shape index (κ2) is 5.65. The van der Waals surface area contributed by atoms with Crippen molar-refractivity contribution in [1.29, 1.82) is 0 Å². The number of nitrogens with zero attached hydrogens (tertiary/aromatic N) is 1. The number of esters is 2. The Labute approximate surface area is 139 Å². The Bertz CT molecular complexity index is 666. The summed E-state index contributed by atoms with van der Waals surface area (Å²) in [5.41, 5.74) is 0.211. The maximum atomic E-state index is 12.6. The van der Waals surface area contributed by atoms with Crippen LogP contribution in [0.4, 0.5) is 0 Å². The predicted octanol–water partition coefficient (Wildman–Crippen LogP) is 1.45. The fourth-order valence-electron chi connectivity index (χ4n) is 3.64. The molecule has 4 atom stereocenters. The van der Waals surface area contributed by atoms with Gasteiger partial charge < -0.3 is 19.5 Å². The molecule has 7 heteroatoms. The third-order valence-electron chi connectivity index (χ3n) is 4.99. The van der Waals surface area contributed by atoms with Crippen LogP contribution < -0.4 is 0 Å². The van der Waals surface area contributed by atoms with Gasteiger partial charge in [0.2, 0.25) is 0 Å². The van der Waals surface area contributed by atoms with Crippen LogP contribution in [-0.4, -0.2) is 46.2 Å². The van der Waals surface area contributed by atoms with E-state index in [0.29, 0.717) is 24.1 Å². The lowest BCUT2D eigenvalue weighted by atomic mass is 9.92. The highest BCUT2D eigenvalue weighted by molar-refractivity contribution is 5.93. The number of rotatable bonds is 2. The van der Waals surface area contributed by atoms with Crippen molar-refractivity contribution in [2.45, 2.75) is 45.3 Å². The molecule has 0 amide bonds. The number of ether oxygens (including phenoxy) is 2. The Morgan fingerprint density at radius 3 is 2.58 bits per heavy atom. The fraction of sp³-hybridized carbons (Fsp3) is 0.588. The quantitative estimate of drug-likeness (QED) is 0.603. The lowest BCUT2D eigenvalue weighted by Crippen LogP contribution is -2.48. The molecular formula is C17H21NO6. The van der Waals surface area contributed by atoms with E-state index in [-0.39, 0.29) is 30.5 Å². The van der Waals surface area contributed by atoms with Crippen LogP contribution in [-0.2, 0) is 23.9 Å². The lowest BCUT2D eigenvalue weighted by molar-refractivity contribution is -0.156. The van der Waals surface area contributed by atoms with Crippen molar-refractivity contribution < 1.29 is 29.0 Å². The van der Waals surface area contributed by atoms with Gasteiger partial charge in [-0.3, -0.25) is 0 Å². The highest BCUT2D eigenvalue weighted by atomic mass is 16.5. The first-order valence-corrected chi connectivity index (χ1v) is 8.09. The zero-order valence-electron chi connectivity index (χ0n) is 13.9. The number of carboxylic acid groups (broad SMARTS) is 1. The van der Waals surface area contributed by atoms with Crippen LogP contribution in [0.2, 0.25) is 0 Å². The van der Waals surface area contributed by atoms with Crippen LogP contribution in [0.15, 0.2) is 23.5 Å². The summed E-state index contributed by atoms with van der Waals surface area (Å²) in [6.07, 6.45) is 3.04. The lowest BCUT2D eigenvalue weighted by Gasteiger charge is -2.40. The largest absolute Gasteiger partial charge is 0.478 e. The highest BCUT2D eigenvalue weighted by Crippen LogP contribution is 2.53. The van der Waals surface area contributed by atoms with Crippen LogP contribution in [0.5, 0.6) is 0 Å². The van der Waals surface area contributed by atoms with Gasteiger partial charge in [0.25, 0.3) is 0 Å². The third kappa shape index (κ3) is 2.48. The normalized spacial score (nSPS) is 36.1. The summed E-state index contributed by atoms with van der Waals surface area (Å²) in [6, 6.07) is 0. The molecule has 2 aliphatic heterocycles. The summed E-state index contributed by atoms with van der Waals surface area (Å²) in [4.78, 5) is 37.7. The Balaban J connectivity index is 2.17. The standard InChI is InChI=1S/C17H21NO6/c1-9-8-23-16(22)17(7-10(17)2)18(5-4-13(19)20)12-6-11(3)24-15(21)14(9)12/h4-5,9-11H,6-8H2,1-3H3,(H,19,20)/t9?,10?,11?,17-/m1/s1. The van der Waals surface area contributed by atoms with Crippen LogP contribution >= 0.6 is 0 Å². The molecule has 2 heterocycles. The minimum atomic E-state index is -1.12. The second-order valence-electron chi connectivity index (χ2n) is 6.83. The molecule has 0 aromatic carbocycles. The first-order chi connectivity index (χ1) is 11.3. The molecule has 1 N–H and O–H groups in total. The molecule has 1 aliphatic carbocycles. The zero-order valence-corrected chi connectivity index (χ0v) is 13.9. The minimum Gasteiger partial charge on any atom is -0.478 e. The summed E-state index contributed by atoms with van der Waals surface area (Å²) in [5.74, 6) is -2.20. The number of hydrogen-bond donors (Lipinski definition) is 1. The van der Waals surface area contributed by atoms with E-state index in [0.717, 1.165) is 6.08 Å². The smallest absolute Gasteiger partial charge is 0.336 e. The molecule has 1 fully saturated rings. The van der Waals surface area contributed by atoms with Crippen molar-refractivity contribution in [2.24, 2.45) is 11.8 Å². The number of carbonyl (C=O) groups excluding carboxylic acids is 2. The van der Waals surface area contributed by atoms with E-state index < -0.39 is 17.5 Å².